The molecule has 0 aromatic heterocycles. The number of carbonyl (C=O) groups is 2. The molecule has 0 radical (unpaired) electrons. The summed E-state index contributed by atoms with van der Waals surface area (Å²) in [5.74, 6) is -0.380. The van der Waals surface area contributed by atoms with Crippen molar-refractivity contribution in [3.63, 3.8) is 0 Å². The van der Waals surface area contributed by atoms with Gasteiger partial charge in [0.25, 0.3) is 5.91 Å². The normalized spacial score (nSPS) is 26.0. The van der Waals surface area contributed by atoms with Crippen LogP contribution in [0.3, 0.4) is 0 Å². The van der Waals surface area contributed by atoms with Crippen molar-refractivity contribution in [1.82, 2.24) is 10.2 Å². The Morgan fingerprint density at radius 1 is 1.39 bits per heavy atom. The van der Waals surface area contributed by atoms with Crippen LogP contribution in [0.4, 0.5) is 0 Å². The lowest BCUT2D eigenvalue weighted by Gasteiger charge is -2.38. The van der Waals surface area contributed by atoms with E-state index in [1.54, 1.807) is 11.9 Å². The number of carbonyl (C=O) groups excluding carboxylic acids is 2. The minimum Gasteiger partial charge on any atom is -0.396 e. The Hall–Kier alpha value is -1.92. The Morgan fingerprint density at radius 3 is 2.70 bits per heavy atom. The van der Waals surface area contributed by atoms with Gasteiger partial charge in [-0.1, -0.05) is 30.3 Å². The third-order valence-electron chi connectivity index (χ3n) is 4.81. The fourth-order valence-electron chi connectivity index (χ4n) is 2.92. The molecule has 1 aliphatic heterocycles. The van der Waals surface area contributed by atoms with E-state index in [4.69, 9.17) is 4.74 Å². The first kappa shape index (κ1) is 16.0. The summed E-state index contributed by atoms with van der Waals surface area (Å²) in [6.07, 6.45) is 1.11. The Kier molecular flexibility index (Phi) is 4.37. The zero-order chi connectivity index (χ0) is 16.4. The molecule has 2 N–H and O–H groups in total. The summed E-state index contributed by atoms with van der Waals surface area (Å²) in [5.41, 5.74) is 0.709. The van der Waals surface area contributed by atoms with Crippen molar-refractivity contribution < 1.29 is 19.4 Å². The van der Waals surface area contributed by atoms with E-state index in [9.17, 15) is 14.7 Å². The van der Waals surface area contributed by atoms with Crippen LogP contribution in [0.1, 0.15) is 24.4 Å². The maximum Gasteiger partial charge on any atom is 0.251 e. The van der Waals surface area contributed by atoms with Crippen LogP contribution >= 0.6 is 0 Å². The molecule has 2 unspecified atom stereocenters. The molecule has 2 aliphatic rings. The quantitative estimate of drug-likeness (QED) is 0.827. The molecule has 2 amide bonds. The zero-order valence-corrected chi connectivity index (χ0v) is 13.2. The molecule has 1 saturated heterocycles. The van der Waals surface area contributed by atoms with E-state index < -0.39 is 12.1 Å². The first-order valence-electron chi connectivity index (χ1n) is 7.87. The van der Waals surface area contributed by atoms with E-state index >= 15 is 0 Å². The average molecular weight is 318 g/mol. The van der Waals surface area contributed by atoms with Gasteiger partial charge in [0.2, 0.25) is 5.91 Å². The smallest absolute Gasteiger partial charge is 0.251 e. The van der Waals surface area contributed by atoms with Crippen molar-refractivity contribution in [2.75, 3.05) is 26.8 Å². The maximum absolute atomic E-state index is 12.6. The van der Waals surface area contributed by atoms with E-state index in [1.807, 2.05) is 30.3 Å². The van der Waals surface area contributed by atoms with Crippen LogP contribution in [-0.2, 0) is 14.3 Å². The van der Waals surface area contributed by atoms with Crippen LogP contribution in [0.5, 0.6) is 0 Å². The van der Waals surface area contributed by atoms with Crippen LogP contribution in [0.15, 0.2) is 30.3 Å². The largest absolute Gasteiger partial charge is 0.396 e. The van der Waals surface area contributed by atoms with E-state index in [0.29, 0.717) is 6.54 Å². The summed E-state index contributed by atoms with van der Waals surface area (Å²) in [4.78, 5) is 26.1. The zero-order valence-electron chi connectivity index (χ0n) is 13.2. The number of nitrogens with zero attached hydrogens (tertiary/aromatic N) is 1. The number of ether oxygens (including phenoxy) is 1. The second-order valence-corrected chi connectivity index (χ2v) is 6.47. The molecule has 3 rings (SSSR count). The molecule has 6 nitrogen and oxygen atoms in total. The minimum absolute atomic E-state index is 0.0826. The number of aliphatic hydroxyl groups is 1. The molecule has 124 valence electrons. The monoisotopic (exact) mass is 318 g/mol. The van der Waals surface area contributed by atoms with Gasteiger partial charge < -0.3 is 20.1 Å². The van der Waals surface area contributed by atoms with Gasteiger partial charge in [-0.15, -0.1) is 0 Å². The summed E-state index contributed by atoms with van der Waals surface area (Å²) in [7, 11) is 1.69. The fourth-order valence-corrected chi connectivity index (χ4v) is 2.92. The maximum atomic E-state index is 12.6. The van der Waals surface area contributed by atoms with Crippen molar-refractivity contribution in [2.45, 2.75) is 25.0 Å². The summed E-state index contributed by atoms with van der Waals surface area (Å²) in [6.45, 7) is 0.434. The summed E-state index contributed by atoms with van der Waals surface area (Å²) < 4.78 is 5.54. The number of hydrogen-bond acceptors (Lipinski definition) is 4. The number of benzene rings is 1. The second kappa shape index (κ2) is 6.29. The van der Waals surface area contributed by atoms with Crippen LogP contribution in [0, 0.1) is 5.41 Å². The van der Waals surface area contributed by atoms with Crippen molar-refractivity contribution in [1.29, 1.82) is 0 Å². The highest BCUT2D eigenvalue weighted by molar-refractivity contribution is 5.86. The van der Waals surface area contributed by atoms with Gasteiger partial charge in [-0.2, -0.15) is 0 Å². The van der Waals surface area contributed by atoms with Gasteiger partial charge in [0.05, 0.1) is 12.6 Å². The van der Waals surface area contributed by atoms with Gasteiger partial charge in [-0.3, -0.25) is 9.59 Å². The second-order valence-electron chi connectivity index (χ2n) is 6.47. The lowest BCUT2D eigenvalue weighted by Crippen LogP contribution is -2.53. The lowest BCUT2D eigenvalue weighted by atomic mass is 9.97. The first-order valence-corrected chi connectivity index (χ1v) is 7.87. The number of amides is 2. The van der Waals surface area contributed by atoms with E-state index in [-0.39, 0.29) is 30.4 Å². The first-order chi connectivity index (χ1) is 11.1. The van der Waals surface area contributed by atoms with Crippen LogP contribution in [-0.4, -0.2) is 54.7 Å². The van der Waals surface area contributed by atoms with Crippen LogP contribution < -0.4 is 5.32 Å². The third kappa shape index (κ3) is 3.23. The molecule has 1 heterocycles. The van der Waals surface area contributed by atoms with Crippen molar-refractivity contribution in [2.24, 2.45) is 5.41 Å². The van der Waals surface area contributed by atoms with Gasteiger partial charge in [0, 0.05) is 19.0 Å². The van der Waals surface area contributed by atoms with Crippen LogP contribution in [0.25, 0.3) is 0 Å². The number of rotatable bonds is 5. The van der Waals surface area contributed by atoms with E-state index in [2.05, 4.69) is 5.32 Å². The van der Waals surface area contributed by atoms with Gasteiger partial charge in [0.1, 0.15) is 6.61 Å². The standard InChI is InChI=1S/C17H22N2O4/c1-19-13(21)9-23-15(14(19)12-5-3-2-4-6-12)16(22)18-10-17(11-20)7-8-17/h2-6,14-15,20H,7-11H2,1H3,(H,18,22). The topological polar surface area (TPSA) is 78.9 Å². The molecule has 2 fully saturated rings. The fraction of sp³-hybridized carbons (Fsp3) is 0.529. The summed E-state index contributed by atoms with van der Waals surface area (Å²) >= 11 is 0. The summed E-state index contributed by atoms with van der Waals surface area (Å²) in [5, 5.41) is 12.2. The molecule has 1 aromatic carbocycles. The lowest BCUT2D eigenvalue weighted by molar-refractivity contribution is -0.162. The highest BCUT2D eigenvalue weighted by Crippen LogP contribution is 2.44. The average Bonchev–Trinajstić information content (AvgIpc) is 3.36. The molecule has 0 spiro atoms. The molecule has 0 bridgehead atoms. The van der Waals surface area contributed by atoms with Gasteiger partial charge in [-0.05, 0) is 18.4 Å². The van der Waals surface area contributed by atoms with Crippen molar-refractivity contribution in [3.8, 4) is 0 Å². The predicted octanol–water partition coefficient (Wildman–Crippen LogP) is 0.474. The summed E-state index contributed by atoms with van der Waals surface area (Å²) in [6, 6.07) is 8.98. The SMILES string of the molecule is CN1C(=O)COC(C(=O)NCC2(CO)CC2)C1c1ccccc1. The Morgan fingerprint density at radius 2 is 2.09 bits per heavy atom. The molecule has 2 atom stereocenters. The van der Waals surface area contributed by atoms with Gasteiger partial charge >= 0.3 is 0 Å². The van der Waals surface area contributed by atoms with Gasteiger partial charge in [-0.25, -0.2) is 0 Å². The molecular formula is C17H22N2O4. The van der Waals surface area contributed by atoms with Crippen molar-refractivity contribution >= 4 is 11.8 Å². The molecule has 1 aliphatic carbocycles. The number of morpholine rings is 1. The van der Waals surface area contributed by atoms with Crippen molar-refractivity contribution in [3.05, 3.63) is 35.9 Å². The van der Waals surface area contributed by atoms with Crippen LogP contribution in [0.2, 0.25) is 0 Å². The minimum atomic E-state index is -0.741. The molecule has 23 heavy (non-hydrogen) atoms. The third-order valence-corrected chi connectivity index (χ3v) is 4.81. The molecular weight excluding hydrogens is 296 g/mol. The predicted molar refractivity (Wildman–Crippen MR) is 83.5 cm³/mol. The molecule has 1 saturated carbocycles. The Bertz CT molecular complexity index is 586. The molecule has 6 heteroatoms. The van der Waals surface area contributed by atoms with Gasteiger partial charge in [0.15, 0.2) is 6.10 Å². The number of nitrogens with one attached hydrogen (secondary N) is 1. The highest BCUT2D eigenvalue weighted by Gasteiger charge is 2.44. The van der Waals surface area contributed by atoms with E-state index in [0.717, 1.165) is 18.4 Å². The Balaban J connectivity index is 1.75. The number of likely N-dealkylation sites (N-methyl/N-ethyl adjacent to an activating group) is 1. The Labute approximate surface area is 135 Å². The highest BCUT2D eigenvalue weighted by atomic mass is 16.5. The number of aliphatic hydroxyl groups excluding tert-OH is 1. The van der Waals surface area contributed by atoms with E-state index in [1.165, 1.54) is 0 Å². The molecule has 1 aromatic rings. The number of hydrogen-bond donors (Lipinski definition) is 2.